The number of nitrogens with one attached hydrogen (secondary N) is 1. The third-order valence-electron chi connectivity index (χ3n) is 2.46. The van der Waals surface area contributed by atoms with Crippen molar-refractivity contribution in [1.82, 2.24) is 10.2 Å². The standard InChI is InChI=1S/C13H15N3/c1-10-8-9-13(16-15-10)14-11(2)12-6-4-3-5-7-12/h3-9,11H,1-2H3,(H,14,16). The second-order valence-electron chi connectivity index (χ2n) is 3.84. The Hall–Kier alpha value is -1.90. The quantitative estimate of drug-likeness (QED) is 0.851. The summed E-state index contributed by atoms with van der Waals surface area (Å²) in [4.78, 5) is 0. The molecule has 0 bridgehead atoms. The SMILES string of the molecule is Cc1ccc(NC(C)c2ccccc2)nn1. The van der Waals surface area contributed by atoms with Gasteiger partial charge in [-0.3, -0.25) is 0 Å². The number of aryl methyl sites for hydroxylation is 1. The monoisotopic (exact) mass is 213 g/mol. The zero-order valence-electron chi connectivity index (χ0n) is 9.51. The van der Waals surface area contributed by atoms with E-state index in [-0.39, 0.29) is 6.04 Å². The van der Waals surface area contributed by atoms with Crippen LogP contribution in [0.25, 0.3) is 0 Å². The van der Waals surface area contributed by atoms with Crippen molar-refractivity contribution in [2.45, 2.75) is 19.9 Å². The first-order chi connectivity index (χ1) is 7.75. The average Bonchev–Trinajstić information content (AvgIpc) is 2.33. The van der Waals surface area contributed by atoms with E-state index in [0.29, 0.717) is 0 Å². The van der Waals surface area contributed by atoms with Gasteiger partial charge in [-0.1, -0.05) is 30.3 Å². The van der Waals surface area contributed by atoms with Gasteiger partial charge in [0, 0.05) is 6.04 Å². The van der Waals surface area contributed by atoms with E-state index < -0.39 is 0 Å². The van der Waals surface area contributed by atoms with Crippen molar-refractivity contribution in [1.29, 1.82) is 0 Å². The normalized spacial score (nSPS) is 12.1. The molecule has 0 aliphatic heterocycles. The van der Waals surface area contributed by atoms with Crippen LogP contribution in [0.2, 0.25) is 0 Å². The van der Waals surface area contributed by atoms with E-state index in [1.165, 1.54) is 5.56 Å². The molecule has 1 atom stereocenters. The number of anilines is 1. The van der Waals surface area contributed by atoms with Gasteiger partial charge < -0.3 is 5.32 Å². The summed E-state index contributed by atoms with van der Waals surface area (Å²) in [7, 11) is 0. The lowest BCUT2D eigenvalue weighted by molar-refractivity contribution is 0.855. The van der Waals surface area contributed by atoms with Crippen LogP contribution in [-0.2, 0) is 0 Å². The number of hydrogen-bond acceptors (Lipinski definition) is 3. The molecule has 0 amide bonds. The molecule has 0 saturated heterocycles. The van der Waals surface area contributed by atoms with E-state index in [9.17, 15) is 0 Å². The van der Waals surface area contributed by atoms with Gasteiger partial charge in [0.15, 0.2) is 0 Å². The molecule has 2 rings (SSSR count). The lowest BCUT2D eigenvalue weighted by atomic mass is 10.1. The second-order valence-corrected chi connectivity index (χ2v) is 3.84. The predicted octanol–water partition coefficient (Wildman–Crippen LogP) is 2.96. The molecule has 1 aromatic heterocycles. The van der Waals surface area contributed by atoms with Crippen molar-refractivity contribution < 1.29 is 0 Å². The largest absolute Gasteiger partial charge is 0.362 e. The Morgan fingerprint density at radius 3 is 2.38 bits per heavy atom. The lowest BCUT2D eigenvalue weighted by Gasteiger charge is -2.14. The third kappa shape index (κ3) is 2.57. The molecule has 0 saturated carbocycles. The minimum Gasteiger partial charge on any atom is -0.362 e. The van der Waals surface area contributed by atoms with E-state index in [1.807, 2.05) is 37.3 Å². The predicted molar refractivity (Wildman–Crippen MR) is 65.2 cm³/mol. The van der Waals surface area contributed by atoms with Crippen molar-refractivity contribution in [2.75, 3.05) is 5.32 Å². The summed E-state index contributed by atoms with van der Waals surface area (Å²) in [6.07, 6.45) is 0. The fraction of sp³-hybridized carbons (Fsp3) is 0.231. The topological polar surface area (TPSA) is 37.8 Å². The summed E-state index contributed by atoms with van der Waals surface area (Å²) < 4.78 is 0. The highest BCUT2D eigenvalue weighted by molar-refractivity contribution is 5.36. The average molecular weight is 213 g/mol. The van der Waals surface area contributed by atoms with Gasteiger partial charge in [0.1, 0.15) is 5.82 Å². The van der Waals surface area contributed by atoms with Crippen molar-refractivity contribution in [2.24, 2.45) is 0 Å². The zero-order chi connectivity index (χ0) is 11.4. The number of nitrogens with zero attached hydrogens (tertiary/aromatic N) is 2. The maximum Gasteiger partial charge on any atom is 0.149 e. The Morgan fingerprint density at radius 1 is 1.00 bits per heavy atom. The molecule has 16 heavy (non-hydrogen) atoms. The van der Waals surface area contributed by atoms with Crippen molar-refractivity contribution in [3.63, 3.8) is 0 Å². The summed E-state index contributed by atoms with van der Waals surface area (Å²) in [5, 5.41) is 11.4. The highest BCUT2D eigenvalue weighted by Gasteiger charge is 2.04. The lowest BCUT2D eigenvalue weighted by Crippen LogP contribution is -2.08. The fourth-order valence-corrected chi connectivity index (χ4v) is 1.52. The molecular formula is C13H15N3. The number of rotatable bonds is 3. The molecule has 3 heteroatoms. The van der Waals surface area contributed by atoms with Crippen LogP contribution in [0.1, 0.15) is 24.2 Å². The second kappa shape index (κ2) is 4.75. The highest BCUT2D eigenvalue weighted by Crippen LogP contribution is 2.16. The number of hydrogen-bond donors (Lipinski definition) is 1. The van der Waals surface area contributed by atoms with Crippen molar-refractivity contribution in [3.8, 4) is 0 Å². The Kier molecular flexibility index (Phi) is 3.15. The van der Waals surface area contributed by atoms with E-state index >= 15 is 0 Å². The molecule has 0 aliphatic rings. The van der Waals surface area contributed by atoms with Gasteiger partial charge in [0.25, 0.3) is 0 Å². The van der Waals surface area contributed by atoms with Gasteiger partial charge in [-0.15, -0.1) is 5.10 Å². The number of benzene rings is 1. The molecule has 2 aromatic rings. The Bertz CT molecular complexity index is 436. The van der Waals surface area contributed by atoms with Gasteiger partial charge >= 0.3 is 0 Å². The van der Waals surface area contributed by atoms with Crippen LogP contribution in [0.15, 0.2) is 42.5 Å². The Morgan fingerprint density at radius 2 is 1.75 bits per heavy atom. The summed E-state index contributed by atoms with van der Waals surface area (Å²) in [6, 6.07) is 14.4. The van der Waals surface area contributed by atoms with E-state index in [0.717, 1.165) is 11.5 Å². The van der Waals surface area contributed by atoms with E-state index in [2.05, 4.69) is 34.6 Å². The molecule has 1 aromatic carbocycles. The van der Waals surface area contributed by atoms with Crippen molar-refractivity contribution in [3.05, 3.63) is 53.7 Å². The summed E-state index contributed by atoms with van der Waals surface area (Å²) in [5.41, 5.74) is 2.17. The van der Waals surface area contributed by atoms with E-state index in [4.69, 9.17) is 0 Å². The molecule has 0 fully saturated rings. The molecule has 0 radical (unpaired) electrons. The summed E-state index contributed by atoms with van der Waals surface area (Å²) in [5.74, 6) is 0.807. The van der Waals surface area contributed by atoms with Crippen LogP contribution < -0.4 is 5.32 Å². The molecule has 1 heterocycles. The Balaban J connectivity index is 2.08. The van der Waals surface area contributed by atoms with Gasteiger partial charge in [0.05, 0.1) is 5.69 Å². The third-order valence-corrected chi connectivity index (χ3v) is 2.46. The van der Waals surface area contributed by atoms with Crippen LogP contribution in [0.5, 0.6) is 0 Å². The molecule has 1 N–H and O–H groups in total. The van der Waals surface area contributed by atoms with Crippen molar-refractivity contribution >= 4 is 5.82 Å². The van der Waals surface area contributed by atoms with Gasteiger partial charge in [-0.05, 0) is 31.5 Å². The van der Waals surface area contributed by atoms with Crippen LogP contribution >= 0.6 is 0 Å². The fourth-order valence-electron chi connectivity index (χ4n) is 1.52. The first-order valence-electron chi connectivity index (χ1n) is 5.37. The highest BCUT2D eigenvalue weighted by atomic mass is 15.2. The minimum absolute atomic E-state index is 0.234. The Labute approximate surface area is 95.5 Å². The zero-order valence-corrected chi connectivity index (χ0v) is 9.51. The first-order valence-corrected chi connectivity index (χ1v) is 5.37. The van der Waals surface area contributed by atoms with Crippen LogP contribution in [0.4, 0.5) is 5.82 Å². The molecule has 0 aliphatic carbocycles. The van der Waals surface area contributed by atoms with Crippen LogP contribution in [0, 0.1) is 6.92 Å². The first kappa shape index (κ1) is 10.6. The smallest absolute Gasteiger partial charge is 0.149 e. The maximum absolute atomic E-state index is 4.08. The summed E-state index contributed by atoms with van der Waals surface area (Å²) in [6.45, 7) is 4.04. The molecule has 0 spiro atoms. The minimum atomic E-state index is 0.234. The van der Waals surface area contributed by atoms with Crippen LogP contribution in [-0.4, -0.2) is 10.2 Å². The van der Waals surface area contributed by atoms with Gasteiger partial charge in [-0.25, -0.2) is 0 Å². The molecule has 1 unspecified atom stereocenters. The van der Waals surface area contributed by atoms with Gasteiger partial charge in [-0.2, -0.15) is 5.10 Å². The molecule has 82 valence electrons. The van der Waals surface area contributed by atoms with Crippen LogP contribution in [0.3, 0.4) is 0 Å². The van der Waals surface area contributed by atoms with Gasteiger partial charge in [0.2, 0.25) is 0 Å². The maximum atomic E-state index is 4.08. The van der Waals surface area contributed by atoms with E-state index in [1.54, 1.807) is 0 Å². The summed E-state index contributed by atoms with van der Waals surface area (Å²) >= 11 is 0. The molecule has 3 nitrogen and oxygen atoms in total. The number of aromatic nitrogens is 2. The molecular weight excluding hydrogens is 198 g/mol.